The van der Waals surface area contributed by atoms with Crippen LogP contribution in [0.1, 0.15) is 63.9 Å². The Labute approximate surface area is 174 Å². The minimum absolute atomic E-state index is 0.378. The molecule has 1 aromatic heterocycles. The number of nitrogens with one attached hydrogen (secondary N) is 1. The minimum Gasteiger partial charge on any atom is -0.497 e. The van der Waals surface area contributed by atoms with Gasteiger partial charge in [0.1, 0.15) is 11.8 Å². The lowest BCUT2D eigenvalue weighted by Crippen LogP contribution is -3.15. The Morgan fingerprint density at radius 1 is 1.10 bits per heavy atom. The summed E-state index contributed by atoms with van der Waals surface area (Å²) in [5.74, 6) is 2.65. The van der Waals surface area contributed by atoms with Crippen LogP contribution < -0.4 is 14.5 Å². The highest BCUT2D eigenvalue weighted by Crippen LogP contribution is 2.31. The van der Waals surface area contributed by atoms with E-state index in [0.29, 0.717) is 18.0 Å². The number of hydrogen-bond acceptors (Lipinski definition) is 5. The lowest BCUT2D eigenvalue weighted by Gasteiger charge is -2.37. The zero-order valence-corrected chi connectivity index (χ0v) is 18.0. The predicted octanol–water partition coefficient (Wildman–Crippen LogP) is 2.29. The Morgan fingerprint density at radius 3 is 2.41 bits per heavy atom. The molecule has 0 spiro atoms. The number of tetrazole rings is 1. The molecule has 0 radical (unpaired) electrons. The average Bonchev–Trinajstić information content (AvgIpc) is 3.44. The Kier molecular flexibility index (Phi) is 6.33. The molecule has 2 aliphatic rings. The van der Waals surface area contributed by atoms with E-state index in [1.165, 1.54) is 31.4 Å². The Hall–Kier alpha value is -2.15. The number of methoxy groups -OCH3 is 1. The van der Waals surface area contributed by atoms with Crippen molar-refractivity contribution >= 4 is 5.69 Å². The maximum atomic E-state index is 5.29. The summed E-state index contributed by atoms with van der Waals surface area (Å²) in [6.45, 7) is 8.96. The van der Waals surface area contributed by atoms with Gasteiger partial charge in [-0.1, -0.05) is 26.7 Å². The Morgan fingerprint density at radius 2 is 1.79 bits per heavy atom. The van der Waals surface area contributed by atoms with Crippen molar-refractivity contribution in [3.63, 3.8) is 0 Å². The molecule has 29 heavy (non-hydrogen) atoms. The van der Waals surface area contributed by atoms with Gasteiger partial charge in [-0.2, -0.15) is 0 Å². The molecule has 2 fully saturated rings. The molecule has 0 amide bonds. The van der Waals surface area contributed by atoms with Gasteiger partial charge in [-0.3, -0.25) is 0 Å². The molecule has 4 rings (SSSR count). The summed E-state index contributed by atoms with van der Waals surface area (Å²) in [6, 6.07) is 9.29. The summed E-state index contributed by atoms with van der Waals surface area (Å²) < 4.78 is 7.46. The first-order valence-electron chi connectivity index (χ1n) is 11.2. The van der Waals surface area contributed by atoms with E-state index in [-0.39, 0.29) is 0 Å². The van der Waals surface area contributed by atoms with E-state index >= 15 is 0 Å². The molecule has 1 saturated heterocycles. The molecular formula is C22H35N6O+. The highest BCUT2D eigenvalue weighted by Gasteiger charge is 2.35. The zero-order valence-electron chi connectivity index (χ0n) is 18.0. The fraction of sp³-hybridized carbons (Fsp3) is 0.682. The summed E-state index contributed by atoms with van der Waals surface area (Å²) in [6.07, 6.45) is 6.16. The quantitative estimate of drug-likeness (QED) is 0.774. The number of benzene rings is 1. The number of aromatic nitrogens is 4. The van der Waals surface area contributed by atoms with Crippen molar-refractivity contribution in [3.8, 4) is 5.75 Å². The molecule has 1 N–H and O–H groups in total. The third kappa shape index (κ3) is 4.55. The molecule has 7 heteroatoms. The van der Waals surface area contributed by atoms with Crippen LogP contribution in [0.5, 0.6) is 5.75 Å². The lowest BCUT2D eigenvalue weighted by molar-refractivity contribution is -0.934. The second-order valence-corrected chi connectivity index (χ2v) is 8.95. The van der Waals surface area contributed by atoms with Crippen molar-refractivity contribution in [2.45, 2.75) is 58.0 Å². The third-order valence-corrected chi connectivity index (χ3v) is 6.54. The van der Waals surface area contributed by atoms with E-state index < -0.39 is 0 Å². The fourth-order valence-electron chi connectivity index (χ4n) is 4.96. The lowest BCUT2D eigenvalue weighted by atomic mass is 10.0. The molecule has 0 bridgehead atoms. The van der Waals surface area contributed by atoms with Crippen LogP contribution in [0.4, 0.5) is 5.69 Å². The van der Waals surface area contributed by atoms with Crippen LogP contribution >= 0.6 is 0 Å². The molecule has 1 atom stereocenters. The fourth-order valence-corrected chi connectivity index (χ4v) is 4.96. The van der Waals surface area contributed by atoms with Crippen LogP contribution in [0, 0.1) is 5.92 Å². The van der Waals surface area contributed by atoms with Crippen molar-refractivity contribution < 1.29 is 9.64 Å². The van der Waals surface area contributed by atoms with E-state index in [1.807, 2.05) is 12.1 Å². The van der Waals surface area contributed by atoms with Crippen LogP contribution in [-0.2, 0) is 0 Å². The number of quaternary nitrogens is 1. The highest BCUT2D eigenvalue weighted by molar-refractivity contribution is 5.49. The van der Waals surface area contributed by atoms with Crippen molar-refractivity contribution in [1.29, 1.82) is 0 Å². The van der Waals surface area contributed by atoms with Crippen LogP contribution in [0.3, 0.4) is 0 Å². The average molecular weight is 400 g/mol. The van der Waals surface area contributed by atoms with Crippen molar-refractivity contribution in [1.82, 2.24) is 20.2 Å². The van der Waals surface area contributed by atoms with Crippen molar-refractivity contribution in [3.05, 3.63) is 30.1 Å². The third-order valence-electron chi connectivity index (χ3n) is 6.54. The van der Waals surface area contributed by atoms with Gasteiger partial charge in [-0.15, -0.1) is 5.10 Å². The van der Waals surface area contributed by atoms with Gasteiger partial charge in [0.05, 0.1) is 39.3 Å². The first kappa shape index (κ1) is 20.1. The van der Waals surface area contributed by atoms with Crippen LogP contribution in [-0.4, -0.2) is 53.5 Å². The molecule has 0 unspecified atom stereocenters. The zero-order chi connectivity index (χ0) is 20.2. The van der Waals surface area contributed by atoms with E-state index in [9.17, 15) is 0 Å². The summed E-state index contributed by atoms with van der Waals surface area (Å²) in [7, 11) is 1.71. The number of ether oxygens (including phenoxy) is 1. The number of piperazine rings is 1. The van der Waals surface area contributed by atoms with Gasteiger partial charge < -0.3 is 14.5 Å². The van der Waals surface area contributed by atoms with Crippen LogP contribution in [0.15, 0.2) is 24.3 Å². The van der Waals surface area contributed by atoms with Gasteiger partial charge in [-0.25, -0.2) is 4.68 Å². The first-order valence-corrected chi connectivity index (χ1v) is 11.2. The van der Waals surface area contributed by atoms with Crippen LogP contribution in [0.25, 0.3) is 0 Å². The van der Waals surface area contributed by atoms with E-state index in [2.05, 4.69) is 51.1 Å². The predicted molar refractivity (Wildman–Crippen MR) is 113 cm³/mol. The standard InChI is InChI=1S/C22H34N6O/c1-17(2)16-21(22-23-24-25-28(22)19-6-4-5-7-19)27-14-12-26(13-15-27)18-8-10-20(29-3)11-9-18/h8-11,17,19,21H,4-7,12-16H2,1-3H3/p+1/t21-/m0/s1. The molecule has 1 saturated carbocycles. The molecule has 7 nitrogen and oxygen atoms in total. The molecule has 1 aliphatic carbocycles. The van der Waals surface area contributed by atoms with Gasteiger partial charge in [0.2, 0.25) is 5.82 Å². The first-order chi connectivity index (χ1) is 14.2. The van der Waals surface area contributed by atoms with E-state index in [0.717, 1.165) is 44.2 Å². The van der Waals surface area contributed by atoms with Gasteiger partial charge in [0, 0.05) is 12.1 Å². The number of hydrogen-bond donors (Lipinski definition) is 1. The smallest absolute Gasteiger partial charge is 0.209 e. The summed E-state index contributed by atoms with van der Waals surface area (Å²) >= 11 is 0. The second kappa shape index (κ2) is 9.11. The minimum atomic E-state index is 0.378. The largest absolute Gasteiger partial charge is 0.497 e. The van der Waals surface area contributed by atoms with Gasteiger partial charge in [0.15, 0.2) is 0 Å². The van der Waals surface area contributed by atoms with Crippen molar-refractivity contribution in [2.24, 2.45) is 5.92 Å². The normalized spacial score (nSPS) is 19.8. The molecule has 1 aliphatic heterocycles. The van der Waals surface area contributed by atoms with Gasteiger partial charge in [0.25, 0.3) is 0 Å². The Bertz CT molecular complexity index is 760. The molecular weight excluding hydrogens is 364 g/mol. The van der Waals surface area contributed by atoms with Gasteiger partial charge in [-0.05, 0) is 53.5 Å². The molecule has 2 aromatic rings. The number of nitrogens with zero attached hydrogens (tertiary/aromatic N) is 5. The maximum absolute atomic E-state index is 5.29. The summed E-state index contributed by atoms with van der Waals surface area (Å²) in [5.41, 5.74) is 1.28. The molecule has 1 aromatic carbocycles. The highest BCUT2D eigenvalue weighted by atomic mass is 16.5. The summed E-state index contributed by atoms with van der Waals surface area (Å²) in [4.78, 5) is 4.10. The molecule has 158 valence electrons. The van der Waals surface area contributed by atoms with Crippen molar-refractivity contribution in [2.75, 3.05) is 38.2 Å². The monoisotopic (exact) mass is 399 g/mol. The topological polar surface area (TPSA) is 60.5 Å². The Balaban J connectivity index is 1.47. The molecule has 2 heterocycles. The second-order valence-electron chi connectivity index (χ2n) is 8.95. The van der Waals surface area contributed by atoms with Gasteiger partial charge >= 0.3 is 0 Å². The van der Waals surface area contributed by atoms with Crippen LogP contribution in [0.2, 0.25) is 0 Å². The number of anilines is 1. The number of rotatable bonds is 7. The van der Waals surface area contributed by atoms with E-state index in [4.69, 9.17) is 4.74 Å². The SMILES string of the molecule is COc1ccc(N2CC[NH+]([C@@H](CC(C)C)c3nnnn3C3CCCC3)CC2)cc1. The summed E-state index contributed by atoms with van der Waals surface area (Å²) in [5, 5.41) is 13.1. The maximum Gasteiger partial charge on any atom is 0.209 e. The van der Waals surface area contributed by atoms with E-state index in [1.54, 1.807) is 12.0 Å².